The summed E-state index contributed by atoms with van der Waals surface area (Å²) in [5.41, 5.74) is 3.41. The molecule has 20 heavy (non-hydrogen) atoms. The average molecular weight is 334 g/mol. The maximum absolute atomic E-state index is 5.80. The van der Waals surface area contributed by atoms with Crippen LogP contribution in [-0.4, -0.2) is 13.3 Å². The number of hydrogen-bond donors (Lipinski definition) is 0. The van der Waals surface area contributed by atoms with Crippen LogP contribution in [0.1, 0.15) is 16.7 Å². The van der Waals surface area contributed by atoms with Crippen LogP contribution < -0.4 is 4.74 Å². The molecule has 104 valence electrons. The summed E-state index contributed by atoms with van der Waals surface area (Å²) < 4.78 is 5.80. The Hall–Kier alpha value is -1.81. The van der Waals surface area contributed by atoms with Crippen molar-refractivity contribution < 1.29 is 9.57 Å². The molecule has 0 aliphatic heterocycles. The molecule has 2 rings (SSSR count). The number of hydrogen-bond acceptors (Lipinski definition) is 3. The fraction of sp³-hybridized carbons (Fsp3) is 0.188. The molecular formula is C16H16BrNO2. The lowest BCUT2D eigenvalue weighted by Gasteiger charge is -2.09. The van der Waals surface area contributed by atoms with Gasteiger partial charge in [0.15, 0.2) is 0 Å². The largest absolute Gasteiger partial charge is 0.489 e. The third kappa shape index (κ3) is 4.10. The first kappa shape index (κ1) is 14.6. The lowest BCUT2D eigenvalue weighted by molar-refractivity contribution is 0.215. The molecule has 2 aromatic rings. The van der Waals surface area contributed by atoms with Crippen LogP contribution in [0.5, 0.6) is 5.75 Å². The topological polar surface area (TPSA) is 30.8 Å². The van der Waals surface area contributed by atoms with Crippen LogP contribution in [-0.2, 0) is 16.8 Å². The van der Waals surface area contributed by atoms with Crippen LogP contribution in [0.2, 0.25) is 0 Å². The molecule has 0 heterocycles. The SMILES string of the molecule is CON=Cc1ccc(OCc2ccccc2CBr)cc1. The van der Waals surface area contributed by atoms with E-state index in [4.69, 9.17) is 4.74 Å². The molecule has 0 spiro atoms. The van der Waals surface area contributed by atoms with Crippen LogP contribution in [0.25, 0.3) is 0 Å². The van der Waals surface area contributed by atoms with E-state index in [1.807, 2.05) is 36.4 Å². The highest BCUT2D eigenvalue weighted by atomic mass is 79.9. The molecular weight excluding hydrogens is 318 g/mol. The summed E-state index contributed by atoms with van der Waals surface area (Å²) in [7, 11) is 1.52. The van der Waals surface area contributed by atoms with Crippen molar-refractivity contribution in [1.82, 2.24) is 0 Å². The smallest absolute Gasteiger partial charge is 0.119 e. The number of ether oxygens (including phenoxy) is 1. The third-order valence-corrected chi connectivity index (χ3v) is 3.45. The van der Waals surface area contributed by atoms with Crippen LogP contribution in [0.4, 0.5) is 0 Å². The first-order valence-electron chi connectivity index (χ1n) is 6.25. The minimum Gasteiger partial charge on any atom is -0.489 e. The van der Waals surface area contributed by atoms with Gasteiger partial charge in [-0.05, 0) is 41.0 Å². The van der Waals surface area contributed by atoms with E-state index in [1.165, 1.54) is 18.2 Å². The minimum absolute atomic E-state index is 0.563. The first-order valence-corrected chi connectivity index (χ1v) is 7.38. The van der Waals surface area contributed by atoms with Gasteiger partial charge in [-0.2, -0.15) is 0 Å². The maximum Gasteiger partial charge on any atom is 0.119 e. The molecule has 0 radical (unpaired) electrons. The Kier molecular flexibility index (Phi) is 5.62. The second-order valence-electron chi connectivity index (χ2n) is 4.18. The van der Waals surface area contributed by atoms with E-state index >= 15 is 0 Å². The number of oxime groups is 1. The third-order valence-electron chi connectivity index (χ3n) is 2.84. The molecule has 0 amide bonds. The number of alkyl halides is 1. The van der Waals surface area contributed by atoms with Gasteiger partial charge < -0.3 is 9.57 Å². The van der Waals surface area contributed by atoms with Crippen molar-refractivity contribution in [2.75, 3.05) is 7.11 Å². The molecule has 0 unspecified atom stereocenters. The highest BCUT2D eigenvalue weighted by molar-refractivity contribution is 9.08. The molecule has 0 aliphatic rings. The molecule has 0 saturated carbocycles. The Balaban J connectivity index is 1.98. The van der Waals surface area contributed by atoms with Crippen LogP contribution in [0.15, 0.2) is 53.7 Å². The standard InChI is InChI=1S/C16H16BrNO2/c1-19-18-11-13-6-8-16(9-7-13)20-12-15-5-3-2-4-14(15)10-17/h2-9,11H,10,12H2,1H3. The minimum atomic E-state index is 0.563. The van der Waals surface area contributed by atoms with Crippen molar-refractivity contribution in [1.29, 1.82) is 0 Å². The first-order chi connectivity index (χ1) is 9.83. The lowest BCUT2D eigenvalue weighted by Crippen LogP contribution is -1.98. The zero-order chi connectivity index (χ0) is 14.2. The number of halogens is 1. The Morgan fingerprint density at radius 2 is 1.75 bits per heavy atom. The molecule has 0 saturated heterocycles. The molecule has 0 N–H and O–H groups in total. The Bertz CT molecular complexity index is 567. The van der Waals surface area contributed by atoms with Crippen LogP contribution in [0, 0.1) is 0 Å². The van der Waals surface area contributed by atoms with Crippen molar-refractivity contribution in [2.24, 2.45) is 5.16 Å². The van der Waals surface area contributed by atoms with Gasteiger partial charge in [0.05, 0.1) is 6.21 Å². The summed E-state index contributed by atoms with van der Waals surface area (Å²) in [5, 5.41) is 4.55. The molecule has 0 aliphatic carbocycles. The summed E-state index contributed by atoms with van der Waals surface area (Å²) in [6, 6.07) is 16.0. The van der Waals surface area contributed by atoms with Crippen molar-refractivity contribution in [2.45, 2.75) is 11.9 Å². The zero-order valence-corrected chi connectivity index (χ0v) is 12.8. The van der Waals surface area contributed by atoms with Gasteiger partial charge in [-0.1, -0.05) is 45.4 Å². The molecule has 2 aromatic carbocycles. The second-order valence-corrected chi connectivity index (χ2v) is 4.74. The van der Waals surface area contributed by atoms with Crippen molar-refractivity contribution in [3.8, 4) is 5.75 Å². The summed E-state index contributed by atoms with van der Waals surface area (Å²) in [4.78, 5) is 4.64. The fourth-order valence-electron chi connectivity index (χ4n) is 1.75. The Morgan fingerprint density at radius 3 is 2.40 bits per heavy atom. The van der Waals surface area contributed by atoms with Crippen molar-refractivity contribution >= 4 is 22.1 Å². The predicted octanol–water partition coefficient (Wildman–Crippen LogP) is 4.14. The van der Waals surface area contributed by atoms with E-state index in [-0.39, 0.29) is 0 Å². The highest BCUT2D eigenvalue weighted by Gasteiger charge is 2.01. The number of nitrogens with zero attached hydrogens (tertiary/aromatic N) is 1. The van der Waals surface area contributed by atoms with Crippen LogP contribution in [0.3, 0.4) is 0 Å². The quantitative estimate of drug-likeness (QED) is 0.452. The summed E-state index contributed by atoms with van der Waals surface area (Å²) >= 11 is 3.49. The highest BCUT2D eigenvalue weighted by Crippen LogP contribution is 2.17. The van der Waals surface area contributed by atoms with E-state index in [9.17, 15) is 0 Å². The van der Waals surface area contributed by atoms with Gasteiger partial charge in [0.25, 0.3) is 0 Å². The Morgan fingerprint density at radius 1 is 1.05 bits per heavy atom. The molecule has 0 atom stereocenters. The van der Waals surface area contributed by atoms with Gasteiger partial charge in [0, 0.05) is 5.33 Å². The summed E-state index contributed by atoms with van der Waals surface area (Å²) in [6.07, 6.45) is 1.66. The Labute approximate surface area is 127 Å². The number of rotatable bonds is 6. The average Bonchev–Trinajstić information content (AvgIpc) is 2.52. The van der Waals surface area contributed by atoms with Gasteiger partial charge >= 0.3 is 0 Å². The normalized spacial score (nSPS) is 10.7. The van der Waals surface area contributed by atoms with Crippen molar-refractivity contribution in [3.05, 3.63) is 65.2 Å². The van der Waals surface area contributed by atoms with E-state index in [0.29, 0.717) is 6.61 Å². The molecule has 3 nitrogen and oxygen atoms in total. The molecule has 0 aromatic heterocycles. The summed E-state index contributed by atoms with van der Waals surface area (Å²) in [6.45, 7) is 0.563. The van der Waals surface area contributed by atoms with Crippen LogP contribution >= 0.6 is 15.9 Å². The molecule has 0 bridgehead atoms. The van der Waals surface area contributed by atoms with Gasteiger partial charge in [0.2, 0.25) is 0 Å². The molecule has 4 heteroatoms. The molecule has 0 fully saturated rings. The fourth-order valence-corrected chi connectivity index (χ4v) is 2.30. The van der Waals surface area contributed by atoms with Gasteiger partial charge in [-0.3, -0.25) is 0 Å². The zero-order valence-electron chi connectivity index (χ0n) is 11.3. The predicted molar refractivity (Wildman–Crippen MR) is 84.5 cm³/mol. The lowest BCUT2D eigenvalue weighted by atomic mass is 10.1. The summed E-state index contributed by atoms with van der Waals surface area (Å²) in [5.74, 6) is 0.837. The number of benzene rings is 2. The van der Waals surface area contributed by atoms with Gasteiger partial charge in [0.1, 0.15) is 19.5 Å². The van der Waals surface area contributed by atoms with E-state index in [2.05, 4.69) is 38.1 Å². The van der Waals surface area contributed by atoms with E-state index in [1.54, 1.807) is 6.21 Å². The van der Waals surface area contributed by atoms with Crippen molar-refractivity contribution in [3.63, 3.8) is 0 Å². The maximum atomic E-state index is 5.80. The van der Waals surface area contributed by atoms with Gasteiger partial charge in [-0.25, -0.2) is 0 Å². The van der Waals surface area contributed by atoms with E-state index in [0.717, 1.165) is 16.6 Å². The second kappa shape index (κ2) is 7.70. The monoisotopic (exact) mass is 333 g/mol. The van der Waals surface area contributed by atoms with Gasteiger partial charge in [-0.15, -0.1) is 0 Å². The van der Waals surface area contributed by atoms with E-state index < -0.39 is 0 Å².